The summed E-state index contributed by atoms with van der Waals surface area (Å²) >= 11 is 0. The third-order valence-electron chi connectivity index (χ3n) is 4.31. The van der Waals surface area contributed by atoms with Gasteiger partial charge < -0.3 is 14.9 Å². The molecule has 1 heterocycles. The highest BCUT2D eigenvalue weighted by molar-refractivity contribution is 6.21. The molecule has 30 heavy (non-hydrogen) atoms. The minimum Gasteiger partial charge on any atom is -0.444 e. The van der Waals surface area contributed by atoms with Gasteiger partial charge in [0.25, 0.3) is 11.8 Å². The minimum absolute atomic E-state index is 0.153. The Balaban J connectivity index is 1.64. The number of amides is 3. The van der Waals surface area contributed by atoms with Gasteiger partial charge in [0.05, 0.1) is 22.7 Å². The molecule has 0 spiro atoms. The molecule has 1 N–H and O–H groups in total. The Hall–Kier alpha value is -3.68. The number of benzene rings is 2. The topological polar surface area (TPSA) is 102 Å². The molecule has 0 fully saturated rings. The number of rotatable bonds is 4. The van der Waals surface area contributed by atoms with Crippen LogP contribution in [0.5, 0.6) is 0 Å². The standard InChI is InChI=1S/C22H22N2O6/c1-13(23-21(28)29-22(2,3)4)14-9-11-15(12-10-14)20(27)30-24-18(25)16-7-5-6-8-17(16)19(24)26/h5-13H,1-4H3,(H,23,28). The fourth-order valence-corrected chi connectivity index (χ4v) is 2.86. The molecular formula is C22H22N2O6. The summed E-state index contributed by atoms with van der Waals surface area (Å²) in [6, 6.07) is 12.1. The molecule has 0 radical (unpaired) electrons. The van der Waals surface area contributed by atoms with Gasteiger partial charge in [-0.1, -0.05) is 29.3 Å². The van der Waals surface area contributed by atoms with Gasteiger partial charge in [-0.05, 0) is 57.5 Å². The fraction of sp³-hybridized carbons (Fsp3) is 0.273. The molecule has 1 atom stereocenters. The van der Waals surface area contributed by atoms with Crippen LogP contribution in [0.2, 0.25) is 0 Å². The second kappa shape index (κ2) is 7.98. The van der Waals surface area contributed by atoms with Crippen molar-refractivity contribution in [1.82, 2.24) is 10.4 Å². The number of hydroxylamine groups is 2. The van der Waals surface area contributed by atoms with Gasteiger partial charge in [0.1, 0.15) is 5.60 Å². The van der Waals surface area contributed by atoms with E-state index in [0.29, 0.717) is 5.06 Å². The predicted molar refractivity (Wildman–Crippen MR) is 107 cm³/mol. The molecule has 3 amide bonds. The Morgan fingerprint density at radius 1 is 0.933 bits per heavy atom. The summed E-state index contributed by atoms with van der Waals surface area (Å²) in [7, 11) is 0. The van der Waals surface area contributed by atoms with Gasteiger partial charge in [0, 0.05) is 0 Å². The lowest BCUT2D eigenvalue weighted by atomic mass is 10.1. The van der Waals surface area contributed by atoms with E-state index < -0.39 is 29.5 Å². The normalized spacial score (nSPS) is 14.2. The van der Waals surface area contributed by atoms with Gasteiger partial charge in [-0.3, -0.25) is 9.59 Å². The molecule has 8 heteroatoms. The smallest absolute Gasteiger partial charge is 0.408 e. The molecule has 2 aromatic carbocycles. The van der Waals surface area contributed by atoms with Crippen molar-refractivity contribution in [1.29, 1.82) is 0 Å². The van der Waals surface area contributed by atoms with Crippen LogP contribution < -0.4 is 5.32 Å². The van der Waals surface area contributed by atoms with E-state index in [1.807, 2.05) is 0 Å². The first-order chi connectivity index (χ1) is 14.1. The zero-order valence-corrected chi connectivity index (χ0v) is 17.1. The van der Waals surface area contributed by atoms with Crippen LogP contribution in [0.15, 0.2) is 48.5 Å². The van der Waals surface area contributed by atoms with Crippen LogP contribution in [0, 0.1) is 0 Å². The Labute approximate surface area is 173 Å². The van der Waals surface area contributed by atoms with Crippen LogP contribution >= 0.6 is 0 Å². The molecule has 0 bridgehead atoms. The van der Waals surface area contributed by atoms with E-state index in [-0.39, 0.29) is 22.7 Å². The number of ether oxygens (including phenoxy) is 1. The Morgan fingerprint density at radius 3 is 1.97 bits per heavy atom. The van der Waals surface area contributed by atoms with Crippen molar-refractivity contribution in [2.24, 2.45) is 0 Å². The molecular weight excluding hydrogens is 388 g/mol. The zero-order valence-electron chi connectivity index (χ0n) is 17.1. The minimum atomic E-state index is -0.844. The quantitative estimate of drug-likeness (QED) is 0.772. The number of nitrogens with one attached hydrogen (secondary N) is 1. The third kappa shape index (κ3) is 4.48. The molecule has 8 nitrogen and oxygen atoms in total. The fourth-order valence-electron chi connectivity index (χ4n) is 2.86. The number of nitrogens with zero attached hydrogens (tertiary/aromatic N) is 1. The molecule has 0 saturated heterocycles. The van der Waals surface area contributed by atoms with Crippen molar-refractivity contribution < 1.29 is 28.8 Å². The highest BCUT2D eigenvalue weighted by Crippen LogP contribution is 2.23. The molecule has 1 aliphatic rings. The first-order valence-corrected chi connectivity index (χ1v) is 9.36. The Kier molecular flexibility index (Phi) is 5.60. The van der Waals surface area contributed by atoms with Crippen molar-refractivity contribution in [2.45, 2.75) is 39.3 Å². The average molecular weight is 410 g/mol. The van der Waals surface area contributed by atoms with Crippen molar-refractivity contribution >= 4 is 23.9 Å². The van der Waals surface area contributed by atoms with Crippen LogP contribution in [0.1, 0.15) is 70.4 Å². The summed E-state index contributed by atoms with van der Waals surface area (Å²) in [6.07, 6.45) is -0.552. The lowest BCUT2D eigenvalue weighted by Gasteiger charge is -2.22. The number of hydrogen-bond acceptors (Lipinski definition) is 6. The molecule has 3 rings (SSSR count). The number of alkyl carbamates (subject to hydrolysis) is 1. The molecule has 0 saturated carbocycles. The van der Waals surface area contributed by atoms with Crippen LogP contribution in [0.4, 0.5) is 4.79 Å². The van der Waals surface area contributed by atoms with Crippen LogP contribution in [0.3, 0.4) is 0 Å². The van der Waals surface area contributed by atoms with E-state index in [2.05, 4.69) is 5.32 Å². The molecule has 156 valence electrons. The van der Waals surface area contributed by atoms with Crippen LogP contribution in [-0.4, -0.2) is 34.5 Å². The van der Waals surface area contributed by atoms with Gasteiger partial charge in [-0.2, -0.15) is 0 Å². The summed E-state index contributed by atoms with van der Waals surface area (Å²) in [5.74, 6) is -2.21. The van der Waals surface area contributed by atoms with Gasteiger partial charge >= 0.3 is 12.1 Å². The van der Waals surface area contributed by atoms with Crippen molar-refractivity contribution in [3.8, 4) is 0 Å². The van der Waals surface area contributed by atoms with Gasteiger partial charge in [-0.25, -0.2) is 9.59 Å². The summed E-state index contributed by atoms with van der Waals surface area (Å²) in [5.41, 5.74) is 0.653. The van der Waals surface area contributed by atoms with Crippen LogP contribution in [0.25, 0.3) is 0 Å². The predicted octanol–water partition coefficient (Wildman–Crippen LogP) is 3.64. The summed E-state index contributed by atoms with van der Waals surface area (Å²) in [4.78, 5) is 53.9. The lowest BCUT2D eigenvalue weighted by molar-refractivity contribution is -0.0584. The van der Waals surface area contributed by atoms with E-state index in [0.717, 1.165) is 5.56 Å². The maximum atomic E-state index is 12.4. The lowest BCUT2D eigenvalue weighted by Crippen LogP contribution is -2.34. The maximum absolute atomic E-state index is 12.4. The molecule has 1 aliphatic heterocycles. The third-order valence-corrected chi connectivity index (χ3v) is 4.31. The molecule has 1 unspecified atom stereocenters. The number of imide groups is 1. The van der Waals surface area contributed by atoms with E-state index in [1.54, 1.807) is 52.0 Å². The second-order valence-electron chi connectivity index (χ2n) is 7.82. The van der Waals surface area contributed by atoms with E-state index >= 15 is 0 Å². The van der Waals surface area contributed by atoms with E-state index in [4.69, 9.17) is 9.57 Å². The maximum Gasteiger partial charge on any atom is 0.408 e. The number of carbonyl (C=O) groups is 4. The van der Waals surface area contributed by atoms with Gasteiger partial charge in [0.15, 0.2) is 0 Å². The van der Waals surface area contributed by atoms with Crippen molar-refractivity contribution in [3.63, 3.8) is 0 Å². The molecule has 2 aromatic rings. The highest BCUT2D eigenvalue weighted by Gasteiger charge is 2.38. The Bertz CT molecular complexity index is 972. The SMILES string of the molecule is CC(NC(=O)OC(C)(C)C)c1ccc(C(=O)ON2C(=O)c3ccccc3C2=O)cc1. The summed E-state index contributed by atoms with van der Waals surface area (Å²) in [5, 5.41) is 3.17. The second-order valence-corrected chi connectivity index (χ2v) is 7.82. The number of hydrogen-bond donors (Lipinski definition) is 1. The van der Waals surface area contributed by atoms with E-state index in [1.165, 1.54) is 24.3 Å². The highest BCUT2D eigenvalue weighted by atomic mass is 16.7. The average Bonchev–Trinajstić information content (AvgIpc) is 2.91. The van der Waals surface area contributed by atoms with Crippen LogP contribution in [-0.2, 0) is 9.57 Å². The monoisotopic (exact) mass is 410 g/mol. The number of carbonyl (C=O) groups excluding carboxylic acids is 4. The first kappa shape index (κ1) is 21.0. The first-order valence-electron chi connectivity index (χ1n) is 9.36. The van der Waals surface area contributed by atoms with Crippen molar-refractivity contribution in [2.75, 3.05) is 0 Å². The molecule has 0 aromatic heterocycles. The van der Waals surface area contributed by atoms with E-state index in [9.17, 15) is 19.2 Å². The summed E-state index contributed by atoms with van der Waals surface area (Å²) < 4.78 is 5.22. The van der Waals surface area contributed by atoms with Crippen molar-refractivity contribution in [3.05, 3.63) is 70.8 Å². The van der Waals surface area contributed by atoms with Gasteiger partial charge in [-0.15, -0.1) is 0 Å². The zero-order chi connectivity index (χ0) is 22.1. The summed E-state index contributed by atoms with van der Waals surface area (Å²) in [6.45, 7) is 7.08. The molecule has 0 aliphatic carbocycles. The largest absolute Gasteiger partial charge is 0.444 e. The van der Waals surface area contributed by atoms with Gasteiger partial charge in [0.2, 0.25) is 0 Å². The number of fused-ring (bicyclic) bond motifs is 1. The Morgan fingerprint density at radius 2 is 1.47 bits per heavy atom.